The number of β-amino-alcohol motifs (C(OH)–C–C–N with tert-alkyl or cyclic N) is 1. The molecule has 2 aliphatic rings. The Morgan fingerprint density at radius 3 is 2.64 bits per heavy atom. The van der Waals surface area contributed by atoms with Crippen molar-refractivity contribution in [3.8, 4) is 0 Å². The zero-order valence-electron chi connectivity index (χ0n) is 8.54. The standard InChI is InChI=1S/C10H20N2O2/c13-8-4-10(7-12-5-8)14-9-2-1-3-11-6-9/h8-13H,1-7H2/t8-,9+,10?/m0/s1. The number of aliphatic hydroxyl groups is 1. The molecule has 0 aromatic rings. The van der Waals surface area contributed by atoms with Crippen molar-refractivity contribution in [2.75, 3.05) is 26.2 Å². The molecule has 2 rings (SSSR count). The highest BCUT2D eigenvalue weighted by atomic mass is 16.5. The van der Waals surface area contributed by atoms with Gasteiger partial charge in [-0.1, -0.05) is 0 Å². The number of nitrogens with one attached hydrogen (secondary N) is 2. The second-order valence-electron chi connectivity index (χ2n) is 4.27. The number of piperidine rings is 2. The normalized spacial score (nSPS) is 39.6. The van der Waals surface area contributed by atoms with E-state index in [1.54, 1.807) is 0 Å². The van der Waals surface area contributed by atoms with Gasteiger partial charge in [-0.15, -0.1) is 0 Å². The highest BCUT2D eigenvalue weighted by Gasteiger charge is 2.24. The maximum absolute atomic E-state index is 9.45. The molecule has 0 bridgehead atoms. The monoisotopic (exact) mass is 200 g/mol. The largest absolute Gasteiger partial charge is 0.392 e. The van der Waals surface area contributed by atoms with Gasteiger partial charge in [-0.05, 0) is 19.4 Å². The molecule has 0 amide bonds. The molecule has 4 nitrogen and oxygen atoms in total. The van der Waals surface area contributed by atoms with E-state index in [2.05, 4.69) is 10.6 Å². The minimum Gasteiger partial charge on any atom is -0.392 e. The summed E-state index contributed by atoms with van der Waals surface area (Å²) in [6.45, 7) is 3.67. The lowest BCUT2D eigenvalue weighted by Gasteiger charge is -2.32. The van der Waals surface area contributed by atoms with Crippen LogP contribution in [0.3, 0.4) is 0 Å². The molecule has 1 unspecified atom stereocenters. The maximum atomic E-state index is 9.45. The van der Waals surface area contributed by atoms with E-state index in [9.17, 15) is 5.11 Å². The van der Waals surface area contributed by atoms with Crippen molar-refractivity contribution < 1.29 is 9.84 Å². The van der Waals surface area contributed by atoms with Crippen molar-refractivity contribution in [1.29, 1.82) is 0 Å². The third-order valence-electron chi connectivity index (χ3n) is 2.92. The first kappa shape index (κ1) is 10.4. The Morgan fingerprint density at radius 1 is 1.07 bits per heavy atom. The van der Waals surface area contributed by atoms with E-state index in [-0.39, 0.29) is 12.2 Å². The lowest BCUT2D eigenvalue weighted by molar-refractivity contribution is -0.0551. The average Bonchev–Trinajstić information content (AvgIpc) is 2.19. The van der Waals surface area contributed by atoms with Gasteiger partial charge in [-0.25, -0.2) is 0 Å². The zero-order valence-corrected chi connectivity index (χ0v) is 8.54. The van der Waals surface area contributed by atoms with Gasteiger partial charge >= 0.3 is 0 Å². The topological polar surface area (TPSA) is 53.5 Å². The second-order valence-corrected chi connectivity index (χ2v) is 4.27. The van der Waals surface area contributed by atoms with Crippen LogP contribution < -0.4 is 10.6 Å². The zero-order chi connectivity index (χ0) is 9.80. The van der Waals surface area contributed by atoms with Crippen molar-refractivity contribution in [2.45, 2.75) is 37.6 Å². The second kappa shape index (κ2) is 5.07. The molecule has 0 aliphatic carbocycles. The van der Waals surface area contributed by atoms with Gasteiger partial charge < -0.3 is 20.5 Å². The van der Waals surface area contributed by atoms with E-state index in [4.69, 9.17) is 4.74 Å². The maximum Gasteiger partial charge on any atom is 0.0728 e. The molecule has 82 valence electrons. The summed E-state index contributed by atoms with van der Waals surface area (Å²) in [6.07, 6.45) is 3.45. The van der Waals surface area contributed by atoms with Crippen LogP contribution in [0.5, 0.6) is 0 Å². The first-order valence-corrected chi connectivity index (χ1v) is 5.59. The van der Waals surface area contributed by atoms with Crippen molar-refractivity contribution >= 4 is 0 Å². The summed E-state index contributed by atoms with van der Waals surface area (Å²) >= 11 is 0. The Hall–Kier alpha value is -0.160. The Labute approximate surface area is 85.0 Å². The average molecular weight is 200 g/mol. The molecule has 4 heteroatoms. The minimum absolute atomic E-state index is 0.198. The van der Waals surface area contributed by atoms with Crippen LogP contribution in [-0.2, 0) is 4.74 Å². The highest BCUT2D eigenvalue weighted by Crippen LogP contribution is 2.13. The van der Waals surface area contributed by atoms with Gasteiger partial charge in [-0.2, -0.15) is 0 Å². The fraction of sp³-hybridized carbons (Fsp3) is 1.00. The number of rotatable bonds is 2. The van der Waals surface area contributed by atoms with Gasteiger partial charge in [0.2, 0.25) is 0 Å². The predicted octanol–water partition coefficient (Wildman–Crippen LogP) is -0.522. The summed E-state index contributed by atoms with van der Waals surface area (Å²) < 4.78 is 5.92. The van der Waals surface area contributed by atoms with Crippen molar-refractivity contribution in [3.63, 3.8) is 0 Å². The number of ether oxygens (including phenoxy) is 1. The molecule has 0 saturated carbocycles. The smallest absolute Gasteiger partial charge is 0.0728 e. The van der Waals surface area contributed by atoms with E-state index >= 15 is 0 Å². The van der Waals surface area contributed by atoms with E-state index in [0.29, 0.717) is 12.6 Å². The SMILES string of the molecule is O[C@@H]1CNCC(O[C@@H]2CCCNC2)C1. The van der Waals surface area contributed by atoms with Crippen LogP contribution >= 0.6 is 0 Å². The molecule has 3 atom stereocenters. The highest BCUT2D eigenvalue weighted by molar-refractivity contribution is 4.78. The number of aliphatic hydroxyl groups excluding tert-OH is 1. The van der Waals surface area contributed by atoms with Crippen molar-refractivity contribution in [1.82, 2.24) is 10.6 Å². The van der Waals surface area contributed by atoms with E-state index in [0.717, 1.165) is 32.5 Å². The van der Waals surface area contributed by atoms with Crippen LogP contribution in [0.4, 0.5) is 0 Å². The quantitative estimate of drug-likeness (QED) is 0.561. The molecular weight excluding hydrogens is 180 g/mol. The van der Waals surface area contributed by atoms with Crippen LogP contribution in [0.15, 0.2) is 0 Å². The van der Waals surface area contributed by atoms with Gasteiger partial charge in [0, 0.05) is 26.1 Å². The van der Waals surface area contributed by atoms with Crippen molar-refractivity contribution in [3.05, 3.63) is 0 Å². The van der Waals surface area contributed by atoms with Crippen LogP contribution in [0.25, 0.3) is 0 Å². The molecular formula is C10H20N2O2. The van der Waals surface area contributed by atoms with Crippen molar-refractivity contribution in [2.24, 2.45) is 0 Å². The third kappa shape index (κ3) is 2.92. The third-order valence-corrected chi connectivity index (χ3v) is 2.92. The Kier molecular flexibility index (Phi) is 3.75. The van der Waals surface area contributed by atoms with E-state index in [1.807, 2.05) is 0 Å². The first-order chi connectivity index (χ1) is 6.84. The van der Waals surface area contributed by atoms with Gasteiger partial charge in [-0.3, -0.25) is 0 Å². The number of hydrogen-bond acceptors (Lipinski definition) is 4. The first-order valence-electron chi connectivity index (χ1n) is 5.59. The van der Waals surface area contributed by atoms with Crippen LogP contribution in [0, 0.1) is 0 Å². The summed E-state index contributed by atoms with van der Waals surface area (Å²) in [5.74, 6) is 0. The molecule has 2 heterocycles. The molecule has 3 N–H and O–H groups in total. The summed E-state index contributed by atoms with van der Waals surface area (Å²) in [5.41, 5.74) is 0. The Balaban J connectivity index is 1.72. The Morgan fingerprint density at radius 2 is 1.93 bits per heavy atom. The van der Waals surface area contributed by atoms with Gasteiger partial charge in [0.15, 0.2) is 0 Å². The fourth-order valence-corrected chi connectivity index (χ4v) is 2.19. The molecule has 2 fully saturated rings. The number of hydrogen-bond donors (Lipinski definition) is 3. The van der Waals surface area contributed by atoms with Gasteiger partial charge in [0.1, 0.15) is 0 Å². The lowest BCUT2D eigenvalue weighted by atomic mass is 10.1. The summed E-state index contributed by atoms with van der Waals surface area (Å²) in [5, 5.41) is 16.0. The molecule has 2 aliphatic heterocycles. The molecule has 0 radical (unpaired) electrons. The molecule has 0 aromatic heterocycles. The fourth-order valence-electron chi connectivity index (χ4n) is 2.19. The molecule has 14 heavy (non-hydrogen) atoms. The van der Waals surface area contributed by atoms with E-state index in [1.165, 1.54) is 6.42 Å². The lowest BCUT2D eigenvalue weighted by Crippen LogP contribution is -2.47. The summed E-state index contributed by atoms with van der Waals surface area (Å²) in [4.78, 5) is 0. The predicted molar refractivity (Wildman–Crippen MR) is 54.3 cm³/mol. The molecule has 0 aromatic carbocycles. The van der Waals surface area contributed by atoms with E-state index < -0.39 is 0 Å². The molecule has 0 spiro atoms. The van der Waals surface area contributed by atoms with Crippen LogP contribution in [0.2, 0.25) is 0 Å². The summed E-state index contributed by atoms with van der Waals surface area (Å²) in [7, 11) is 0. The minimum atomic E-state index is -0.231. The van der Waals surface area contributed by atoms with Crippen LogP contribution in [0.1, 0.15) is 19.3 Å². The molecule has 2 saturated heterocycles. The van der Waals surface area contributed by atoms with Gasteiger partial charge in [0.25, 0.3) is 0 Å². The Bertz CT molecular complexity index is 172. The van der Waals surface area contributed by atoms with Gasteiger partial charge in [0.05, 0.1) is 18.3 Å². The van der Waals surface area contributed by atoms with Crippen LogP contribution in [-0.4, -0.2) is 49.6 Å². The summed E-state index contributed by atoms with van der Waals surface area (Å²) in [6, 6.07) is 0.